The molecule has 3 saturated heterocycles. The molecule has 8 nitrogen and oxygen atoms in total. The van der Waals surface area contributed by atoms with Gasteiger partial charge >= 0.3 is 0 Å². The van der Waals surface area contributed by atoms with E-state index < -0.39 is 29.6 Å². The fraction of sp³-hybridized carbons (Fsp3) is 0.581. The predicted molar refractivity (Wildman–Crippen MR) is 156 cm³/mol. The summed E-state index contributed by atoms with van der Waals surface area (Å²) in [6, 6.07) is 6.26. The van der Waals surface area contributed by atoms with Gasteiger partial charge in [0.1, 0.15) is 11.6 Å². The van der Waals surface area contributed by atoms with Crippen LogP contribution in [0.5, 0.6) is 0 Å². The quantitative estimate of drug-likeness (QED) is 0.252. The number of ether oxygens (including phenoxy) is 1. The van der Waals surface area contributed by atoms with Crippen LogP contribution in [0.25, 0.3) is 0 Å². The molecule has 3 amide bonds. The van der Waals surface area contributed by atoms with E-state index in [9.17, 15) is 14.4 Å². The molecule has 0 aliphatic carbocycles. The number of unbranched alkanes of at least 4 members (excludes halogenated alkanes) is 3. The van der Waals surface area contributed by atoms with Crippen LogP contribution >= 0.6 is 11.6 Å². The first-order chi connectivity index (χ1) is 19.4. The molecule has 1 aromatic rings. The minimum Gasteiger partial charge on any atom is -0.396 e. The van der Waals surface area contributed by atoms with Crippen molar-refractivity contribution in [2.24, 2.45) is 11.8 Å². The average molecular weight is 572 g/mol. The van der Waals surface area contributed by atoms with E-state index in [1.54, 1.807) is 45.1 Å². The van der Waals surface area contributed by atoms with Crippen molar-refractivity contribution in [3.63, 3.8) is 0 Å². The van der Waals surface area contributed by atoms with Crippen LogP contribution < -0.4 is 4.90 Å². The molecule has 3 fully saturated rings. The summed E-state index contributed by atoms with van der Waals surface area (Å²) in [6.07, 6.45) is 7.93. The average Bonchev–Trinajstić information content (AvgIpc) is 3.59. The summed E-state index contributed by atoms with van der Waals surface area (Å²) >= 11 is 6.53. The lowest BCUT2D eigenvalue weighted by molar-refractivity contribution is -0.145. The van der Waals surface area contributed by atoms with E-state index in [-0.39, 0.29) is 30.9 Å². The van der Waals surface area contributed by atoms with Gasteiger partial charge in [-0.15, -0.1) is 13.2 Å². The summed E-state index contributed by atoms with van der Waals surface area (Å²) in [7, 11) is 0. The van der Waals surface area contributed by atoms with Crippen molar-refractivity contribution in [1.29, 1.82) is 0 Å². The zero-order valence-electron chi connectivity index (χ0n) is 23.5. The maximum atomic E-state index is 14.5. The molecule has 0 saturated carbocycles. The van der Waals surface area contributed by atoms with Gasteiger partial charge in [0.15, 0.2) is 0 Å². The topological polar surface area (TPSA) is 90.4 Å². The van der Waals surface area contributed by atoms with Gasteiger partial charge in [0.2, 0.25) is 11.8 Å². The fourth-order valence-corrected chi connectivity index (χ4v) is 7.12. The Morgan fingerprint density at radius 1 is 1.15 bits per heavy atom. The van der Waals surface area contributed by atoms with Gasteiger partial charge in [-0.1, -0.05) is 55.7 Å². The lowest BCUT2D eigenvalue weighted by atomic mass is 9.70. The predicted octanol–water partition coefficient (Wildman–Crippen LogP) is 4.21. The number of halogens is 1. The molecule has 3 heterocycles. The second-order valence-electron chi connectivity index (χ2n) is 11.0. The van der Waals surface area contributed by atoms with E-state index in [1.165, 1.54) is 0 Å². The van der Waals surface area contributed by atoms with Crippen molar-refractivity contribution in [2.45, 2.75) is 69.6 Å². The van der Waals surface area contributed by atoms with Gasteiger partial charge in [0.25, 0.3) is 5.91 Å². The van der Waals surface area contributed by atoms with E-state index in [0.717, 1.165) is 19.3 Å². The molecule has 9 heteroatoms. The molecule has 2 bridgehead atoms. The van der Waals surface area contributed by atoms with Crippen molar-refractivity contribution in [2.75, 3.05) is 37.7 Å². The van der Waals surface area contributed by atoms with Crippen LogP contribution in [-0.2, 0) is 19.1 Å². The van der Waals surface area contributed by atoms with Crippen LogP contribution in [0.15, 0.2) is 49.6 Å². The zero-order chi connectivity index (χ0) is 28.9. The Labute approximate surface area is 242 Å². The number of likely N-dealkylation sites (tertiary alicyclic amines) is 1. The van der Waals surface area contributed by atoms with Crippen molar-refractivity contribution in [3.8, 4) is 0 Å². The summed E-state index contributed by atoms with van der Waals surface area (Å²) in [5, 5.41) is 9.59. The van der Waals surface area contributed by atoms with Gasteiger partial charge in [-0.05, 0) is 44.2 Å². The van der Waals surface area contributed by atoms with Crippen molar-refractivity contribution >= 4 is 35.0 Å². The minimum atomic E-state index is -1.07. The molecule has 40 heavy (non-hydrogen) atoms. The number of benzene rings is 1. The molecule has 4 rings (SSSR count). The summed E-state index contributed by atoms with van der Waals surface area (Å²) in [5.74, 6) is -1.91. The second-order valence-corrected chi connectivity index (χ2v) is 11.4. The molecule has 3 aliphatic rings. The number of aliphatic hydroxyl groups is 1. The molecule has 0 aromatic heterocycles. The smallest absolute Gasteiger partial charge is 0.253 e. The van der Waals surface area contributed by atoms with Crippen molar-refractivity contribution in [1.82, 2.24) is 9.80 Å². The second kappa shape index (κ2) is 13.3. The number of nitrogens with zero attached hydrogens (tertiary/aromatic N) is 3. The normalized spacial score (nSPS) is 26.6. The Hall–Kier alpha value is -2.68. The maximum Gasteiger partial charge on any atom is 0.253 e. The number of carbonyl (C=O) groups excluding carboxylic acids is 3. The summed E-state index contributed by atoms with van der Waals surface area (Å²) in [4.78, 5) is 47.7. The Morgan fingerprint density at radius 3 is 2.55 bits per heavy atom. The van der Waals surface area contributed by atoms with Crippen LogP contribution in [0.3, 0.4) is 0 Å². The number of anilines is 1. The van der Waals surface area contributed by atoms with Crippen molar-refractivity contribution < 1.29 is 24.2 Å². The Kier molecular flexibility index (Phi) is 10.1. The molecule has 5 atom stereocenters. The van der Waals surface area contributed by atoms with Crippen LogP contribution in [0, 0.1) is 11.8 Å². The number of aliphatic hydroxyl groups excluding tert-OH is 1. The molecule has 0 radical (unpaired) electrons. The molecular weight excluding hydrogens is 530 g/mol. The lowest BCUT2D eigenvalue weighted by Crippen LogP contribution is -2.56. The number of hydrogen-bond acceptors (Lipinski definition) is 5. The molecule has 3 aliphatic heterocycles. The van der Waals surface area contributed by atoms with Gasteiger partial charge in [0.05, 0.1) is 28.6 Å². The van der Waals surface area contributed by atoms with E-state index in [0.29, 0.717) is 56.0 Å². The summed E-state index contributed by atoms with van der Waals surface area (Å²) < 4.78 is 6.62. The highest BCUT2D eigenvalue weighted by atomic mass is 35.5. The highest BCUT2D eigenvalue weighted by Crippen LogP contribution is 2.59. The Morgan fingerprint density at radius 2 is 1.88 bits per heavy atom. The first-order valence-corrected chi connectivity index (χ1v) is 14.9. The maximum absolute atomic E-state index is 14.5. The van der Waals surface area contributed by atoms with E-state index in [2.05, 4.69) is 13.2 Å². The van der Waals surface area contributed by atoms with Crippen molar-refractivity contribution in [3.05, 3.63) is 54.6 Å². The fourth-order valence-electron chi connectivity index (χ4n) is 6.88. The first-order valence-electron chi connectivity index (χ1n) is 14.5. The van der Waals surface area contributed by atoms with Crippen LogP contribution in [0.4, 0.5) is 5.69 Å². The van der Waals surface area contributed by atoms with Gasteiger partial charge in [-0.2, -0.15) is 0 Å². The third-order valence-electron chi connectivity index (χ3n) is 8.50. The minimum absolute atomic E-state index is 0.100. The molecule has 218 valence electrons. The molecule has 1 aromatic carbocycles. The number of carbonyl (C=O) groups is 3. The highest BCUT2D eigenvalue weighted by Gasteiger charge is 2.74. The van der Waals surface area contributed by atoms with Gasteiger partial charge < -0.3 is 24.5 Å². The van der Waals surface area contributed by atoms with Gasteiger partial charge in [-0.25, -0.2) is 0 Å². The third-order valence-corrected chi connectivity index (χ3v) is 8.82. The largest absolute Gasteiger partial charge is 0.396 e. The number of hydrogen-bond donors (Lipinski definition) is 1. The Bertz CT molecular complexity index is 1110. The summed E-state index contributed by atoms with van der Waals surface area (Å²) in [5.41, 5.74) is -0.527. The van der Waals surface area contributed by atoms with Crippen LogP contribution in [-0.4, -0.2) is 83.2 Å². The lowest BCUT2D eigenvalue weighted by Gasteiger charge is -2.37. The van der Waals surface area contributed by atoms with Crippen LogP contribution in [0.2, 0.25) is 5.02 Å². The van der Waals surface area contributed by atoms with E-state index >= 15 is 0 Å². The molecular formula is C31H42ClN3O5. The number of amides is 3. The standard InChI is InChI=1S/C31H42ClN3O5/c1-4-17-33(18-5-2)28(37)25-24-15-16-31(40-24)26(25)29(38)35(20-11-7-8-12-21-36)27(31)30(39)34(19-6-3)23-14-10-9-13-22(23)32/h4,6,9-10,13-14,24-27,36H,1,3,5,7-8,11-12,15-21H2,2H3/t24-,25+,26-,27?,31?/m0/s1. The van der Waals surface area contributed by atoms with Crippen LogP contribution in [0.1, 0.15) is 51.9 Å². The summed E-state index contributed by atoms with van der Waals surface area (Å²) in [6.45, 7) is 11.4. The zero-order valence-corrected chi connectivity index (χ0v) is 24.2. The van der Waals surface area contributed by atoms with Gasteiger partial charge in [0, 0.05) is 32.8 Å². The molecule has 2 unspecified atom stereocenters. The monoisotopic (exact) mass is 571 g/mol. The van der Waals surface area contributed by atoms with E-state index in [1.807, 2.05) is 13.0 Å². The van der Waals surface area contributed by atoms with E-state index in [4.69, 9.17) is 21.4 Å². The SMILES string of the molecule is C=CCN(CCC)C(=O)[C@@H]1[C@@H]2CCC3(O2)C(C(=O)N(CC=C)c2ccccc2Cl)N(CCCCCCO)C(=O)[C@H]13. The number of fused-ring (bicyclic) bond motifs is 1. The number of rotatable bonds is 15. The first kappa shape index (κ1) is 30.3. The molecule has 1 spiro atoms. The highest BCUT2D eigenvalue weighted by molar-refractivity contribution is 6.34. The molecule has 1 N–H and O–H groups in total. The third kappa shape index (κ3) is 5.46. The Balaban J connectivity index is 1.72. The van der Waals surface area contributed by atoms with Gasteiger partial charge in [-0.3, -0.25) is 14.4 Å². The number of para-hydroxylation sites is 1.